The molecule has 0 radical (unpaired) electrons. The number of ketones is 2. The fraction of sp³-hybridized carbons (Fsp3) is 0.377. The van der Waals surface area contributed by atoms with Crippen molar-refractivity contribution in [2.45, 2.75) is 80.8 Å². The van der Waals surface area contributed by atoms with Crippen LogP contribution in [0.15, 0.2) is 89.9 Å². The number of thioether (sulfide) groups is 1. The van der Waals surface area contributed by atoms with Gasteiger partial charge in [0.2, 0.25) is 5.78 Å². The number of nitrogen functional groups attached to an aromatic ring is 1. The number of carbonyl (C=O) groups is 4. The number of nitrogens with one attached hydrogen (secondary N) is 3. The van der Waals surface area contributed by atoms with Crippen molar-refractivity contribution in [2.75, 3.05) is 66.8 Å². The SMILES string of the molecule is CC(=O)O.CCNCCOc1ccc(Nc2nc(N)c(C(=O)c3ccc(F)c(CC)c3)s2)cc1.CCSC(N)=NC(=S)Nc1ccc(OCCN(CC)C(=O)OC(C)(C)C)cc1.CCc1cc(C(=O)CBr)ccc1F.P. The molecule has 416 valence electrons. The minimum Gasteiger partial charge on any atom is -0.492 e. The molecule has 0 saturated heterocycles. The van der Waals surface area contributed by atoms with Crippen molar-refractivity contribution >= 4 is 117 Å². The van der Waals surface area contributed by atoms with Gasteiger partial charge < -0.3 is 51.6 Å². The smallest absolute Gasteiger partial charge is 0.410 e. The molecule has 5 aromatic rings. The van der Waals surface area contributed by atoms with Crippen LogP contribution in [0.3, 0.4) is 0 Å². The largest absolute Gasteiger partial charge is 0.492 e. The highest BCUT2D eigenvalue weighted by atomic mass is 79.9. The van der Waals surface area contributed by atoms with Crippen LogP contribution in [-0.2, 0) is 22.4 Å². The quantitative estimate of drug-likeness (QED) is 0.00809. The molecule has 8 N–H and O–H groups in total. The third kappa shape index (κ3) is 26.3. The number of anilines is 4. The lowest BCUT2D eigenvalue weighted by Crippen LogP contribution is -2.38. The van der Waals surface area contributed by atoms with Crippen LogP contribution in [0.2, 0.25) is 0 Å². The number of rotatable bonds is 20. The van der Waals surface area contributed by atoms with E-state index in [0.29, 0.717) is 87.4 Å². The Balaban J connectivity index is 0.000000580. The van der Waals surface area contributed by atoms with Crippen molar-refractivity contribution in [3.8, 4) is 11.5 Å². The summed E-state index contributed by atoms with van der Waals surface area (Å²) in [6.45, 7) is 19.9. The van der Waals surface area contributed by atoms with Crippen LogP contribution in [-0.4, -0.2) is 105 Å². The van der Waals surface area contributed by atoms with Gasteiger partial charge in [-0.2, -0.15) is 14.9 Å². The molecule has 76 heavy (non-hydrogen) atoms. The van der Waals surface area contributed by atoms with Crippen molar-refractivity contribution in [3.05, 3.63) is 124 Å². The number of ether oxygens (including phenoxy) is 3. The van der Waals surface area contributed by atoms with Crippen molar-refractivity contribution in [1.82, 2.24) is 15.2 Å². The van der Waals surface area contributed by atoms with E-state index in [1.807, 2.05) is 104 Å². The summed E-state index contributed by atoms with van der Waals surface area (Å²) >= 11 is 10.8. The number of carboxylic acid groups (broad SMARTS) is 1. The molecule has 1 atom stereocenters. The van der Waals surface area contributed by atoms with Crippen LogP contribution in [0.5, 0.6) is 11.5 Å². The lowest BCUT2D eigenvalue weighted by Gasteiger charge is -2.26. The number of hydrogen-bond acceptors (Lipinski definition) is 14. The van der Waals surface area contributed by atoms with Crippen LogP contribution >= 0.6 is 61.1 Å². The average Bonchev–Trinajstić information content (AvgIpc) is 3.73. The Kier molecular flexibility index (Phi) is 32.6. The molecule has 1 heterocycles. The minimum atomic E-state index is -0.833. The number of aliphatic imine (C=N–C) groups is 1. The number of nitrogens with two attached hydrogens (primary N) is 2. The van der Waals surface area contributed by atoms with Gasteiger partial charge in [-0.3, -0.25) is 14.4 Å². The molecule has 23 heteroatoms. The van der Waals surface area contributed by atoms with Crippen LogP contribution in [0.1, 0.15) is 99.0 Å². The van der Waals surface area contributed by atoms with Gasteiger partial charge in [0, 0.05) is 42.5 Å². The Morgan fingerprint density at radius 3 is 1.88 bits per heavy atom. The zero-order valence-electron chi connectivity index (χ0n) is 44.5. The number of amides is 1. The number of alkyl halides is 1. The fourth-order valence-electron chi connectivity index (χ4n) is 5.98. The molecule has 0 saturated carbocycles. The van der Waals surface area contributed by atoms with Gasteiger partial charge in [-0.25, -0.2) is 18.6 Å². The molecule has 16 nitrogen and oxygen atoms in total. The second-order valence-corrected chi connectivity index (χ2v) is 19.8. The number of benzene rings is 4. The molecule has 4 aromatic carbocycles. The lowest BCUT2D eigenvalue weighted by atomic mass is 10.0. The van der Waals surface area contributed by atoms with E-state index in [1.165, 1.54) is 47.4 Å². The van der Waals surface area contributed by atoms with E-state index < -0.39 is 11.6 Å². The van der Waals surface area contributed by atoms with Gasteiger partial charge in [0.15, 0.2) is 21.2 Å². The summed E-state index contributed by atoms with van der Waals surface area (Å²) in [5.74, 6) is 0.784. The number of thiazole rings is 1. The normalized spacial score (nSPS) is 10.6. The number of thiocarbonyl (C=S) groups is 1. The van der Waals surface area contributed by atoms with Crippen molar-refractivity contribution in [1.29, 1.82) is 0 Å². The number of Topliss-reactive ketones (excluding diaryl/α,β-unsaturated/α-hetero) is 1. The Labute approximate surface area is 470 Å². The van der Waals surface area contributed by atoms with Crippen LogP contribution in [0.25, 0.3) is 0 Å². The van der Waals surface area contributed by atoms with E-state index >= 15 is 0 Å². The van der Waals surface area contributed by atoms with E-state index in [0.717, 1.165) is 42.9 Å². The maximum Gasteiger partial charge on any atom is 0.410 e. The highest BCUT2D eigenvalue weighted by molar-refractivity contribution is 9.09. The number of aromatic nitrogens is 1. The van der Waals surface area contributed by atoms with Crippen LogP contribution in [0.4, 0.5) is 35.9 Å². The number of hydrogen-bond donors (Lipinski definition) is 6. The van der Waals surface area contributed by atoms with Crippen LogP contribution in [0, 0.1) is 11.6 Å². The van der Waals surface area contributed by atoms with Gasteiger partial charge in [0.05, 0.1) is 11.9 Å². The first-order chi connectivity index (χ1) is 35.6. The molecule has 0 aliphatic heterocycles. The number of aryl methyl sites for hydroxylation is 2. The number of likely N-dealkylation sites (N-methyl/N-ethyl adjacent to an activating group) is 2. The number of nitrogens with zero attached hydrogens (tertiary/aromatic N) is 3. The Hall–Kier alpha value is -5.77. The first-order valence-electron chi connectivity index (χ1n) is 23.9. The van der Waals surface area contributed by atoms with Gasteiger partial charge in [0.1, 0.15) is 52.6 Å². The van der Waals surface area contributed by atoms with Gasteiger partial charge >= 0.3 is 6.09 Å². The Morgan fingerprint density at radius 1 is 0.855 bits per heavy atom. The predicted octanol–water partition coefficient (Wildman–Crippen LogP) is 11.6. The summed E-state index contributed by atoms with van der Waals surface area (Å²) in [6, 6.07) is 23.6. The number of amidine groups is 1. The molecule has 0 aliphatic carbocycles. The molecule has 5 rings (SSSR count). The lowest BCUT2D eigenvalue weighted by molar-refractivity contribution is -0.134. The monoisotopic (exact) mass is 1190 g/mol. The summed E-state index contributed by atoms with van der Waals surface area (Å²) in [5, 5.41) is 18.3. The van der Waals surface area contributed by atoms with Gasteiger partial charge in [-0.15, -0.1) is 0 Å². The maximum atomic E-state index is 13.7. The van der Waals surface area contributed by atoms with Gasteiger partial charge in [-0.1, -0.05) is 66.7 Å². The van der Waals surface area contributed by atoms with Crippen molar-refractivity contribution < 1.29 is 47.3 Å². The van der Waals surface area contributed by atoms with E-state index in [-0.39, 0.29) is 50.3 Å². The second kappa shape index (κ2) is 36.3. The molecular formula is C53H72BrF2N8O8PS3. The Morgan fingerprint density at radius 2 is 1.38 bits per heavy atom. The zero-order chi connectivity index (χ0) is 56.1. The fourth-order valence-corrected chi connectivity index (χ4v) is 7.90. The summed E-state index contributed by atoms with van der Waals surface area (Å²) < 4.78 is 43.5. The molecular weight excluding hydrogens is 1120 g/mol. The minimum absolute atomic E-state index is 0. The molecule has 0 spiro atoms. The highest BCUT2D eigenvalue weighted by Crippen LogP contribution is 2.31. The Bertz CT molecular complexity index is 2640. The number of carboxylic acids is 1. The zero-order valence-corrected chi connectivity index (χ0v) is 50.0. The first kappa shape index (κ1) is 68.2. The number of halogens is 3. The topological polar surface area (TPSA) is 233 Å². The van der Waals surface area contributed by atoms with Crippen molar-refractivity contribution in [2.24, 2.45) is 10.7 Å². The standard InChI is InChI=1S/C22H25FN4O2S.C19H30N4O3S2.C10H10BrFO.C2H4O2.H3P/c1-3-14-13-15(5-10-18(14)23)19(28)20-21(24)27-22(30-20)26-16-6-8-17(9-7-16)29-12-11-25-4-2;1-6-23(18(24)26-19(3,4)5)12-13-25-15-10-8-14(9-11-15)21-17(27)22-16(20)28-7-2;1-2-7-5-8(10(13)6-11)3-4-9(7)12;1-2(3)4;/h5-10,13,25H,3-4,11-12,24H2,1-2H3,(H,26,27);8-11H,6-7,12-13H2,1-5H3,(H3,20,21,22,27);3-5H,2,6H2,1H3;1H3,(H,3,4);1H3. The molecule has 0 fully saturated rings. The number of aliphatic carboxylic acids is 1. The van der Waals surface area contributed by atoms with E-state index in [4.69, 9.17) is 47.8 Å². The molecule has 0 aliphatic rings. The second-order valence-electron chi connectivity index (χ2n) is 16.6. The summed E-state index contributed by atoms with van der Waals surface area (Å²) in [7, 11) is 0. The predicted molar refractivity (Wildman–Crippen MR) is 319 cm³/mol. The van der Waals surface area contributed by atoms with Gasteiger partial charge in [-0.05, 0) is 161 Å². The van der Waals surface area contributed by atoms with E-state index in [1.54, 1.807) is 17.0 Å². The van der Waals surface area contributed by atoms with Crippen LogP contribution < -0.4 is 36.9 Å². The first-order valence-corrected chi connectivity index (χ1v) is 27.3. The molecule has 1 aromatic heterocycles. The third-order valence-electron chi connectivity index (χ3n) is 9.59. The third-order valence-corrected chi connectivity index (χ3v) is 12.0. The number of carbonyl (C=O) groups excluding carboxylic acids is 3. The van der Waals surface area contributed by atoms with Crippen molar-refractivity contribution in [3.63, 3.8) is 0 Å². The molecule has 1 unspecified atom stereocenters. The highest BCUT2D eigenvalue weighted by Gasteiger charge is 2.22. The molecule has 1 amide bonds. The van der Waals surface area contributed by atoms with E-state index in [2.05, 4.69) is 41.9 Å². The molecule has 0 bridgehead atoms. The summed E-state index contributed by atoms with van der Waals surface area (Å²) in [5.41, 5.74) is 14.8. The van der Waals surface area contributed by atoms with E-state index in [9.17, 15) is 23.2 Å². The maximum absolute atomic E-state index is 13.7. The van der Waals surface area contributed by atoms with Gasteiger partial charge in [0.25, 0.3) is 5.97 Å². The summed E-state index contributed by atoms with van der Waals surface area (Å²) in [6.07, 6.45) is 0.773. The summed E-state index contributed by atoms with van der Waals surface area (Å²) in [4.78, 5) is 55.4. The average molecular weight is 1190 g/mol.